The van der Waals surface area contributed by atoms with E-state index in [0.717, 1.165) is 69.1 Å². The Morgan fingerprint density at radius 3 is 1.96 bits per heavy atom. The van der Waals surface area contributed by atoms with Gasteiger partial charge in [-0.3, -0.25) is 14.5 Å². The highest BCUT2D eigenvalue weighted by atomic mass is 16.2. The van der Waals surface area contributed by atoms with Crippen LogP contribution in [0.2, 0.25) is 0 Å². The highest BCUT2D eigenvalue weighted by Gasteiger charge is 2.56. The number of hydrogen-bond donors (Lipinski definition) is 0. The van der Waals surface area contributed by atoms with Gasteiger partial charge in [-0.15, -0.1) is 0 Å². The number of amides is 2. The van der Waals surface area contributed by atoms with Gasteiger partial charge in [-0.2, -0.15) is 0 Å². The first-order chi connectivity index (χ1) is 11.6. The molecule has 5 saturated carbocycles. The summed E-state index contributed by atoms with van der Waals surface area (Å²) in [6.07, 6.45) is 13.7. The van der Waals surface area contributed by atoms with Crippen molar-refractivity contribution in [2.75, 3.05) is 6.54 Å². The van der Waals surface area contributed by atoms with Crippen molar-refractivity contribution in [1.82, 2.24) is 4.90 Å². The molecule has 0 spiro atoms. The largest absolute Gasteiger partial charge is 0.282 e. The van der Waals surface area contributed by atoms with E-state index in [9.17, 15) is 9.59 Å². The average Bonchev–Trinajstić information content (AvgIpc) is 2.58. The van der Waals surface area contributed by atoms with Crippen molar-refractivity contribution in [2.24, 2.45) is 29.1 Å². The Bertz CT molecular complexity index is 471. The summed E-state index contributed by atoms with van der Waals surface area (Å²) in [4.78, 5) is 28.4. The minimum Gasteiger partial charge on any atom is -0.282 e. The van der Waals surface area contributed by atoms with Crippen LogP contribution >= 0.6 is 0 Å². The van der Waals surface area contributed by atoms with Crippen LogP contribution in [0.4, 0.5) is 0 Å². The molecule has 0 aromatic heterocycles. The number of hydrogen-bond acceptors (Lipinski definition) is 2. The molecule has 3 nitrogen and oxygen atoms in total. The van der Waals surface area contributed by atoms with Crippen molar-refractivity contribution >= 4 is 11.8 Å². The van der Waals surface area contributed by atoms with Gasteiger partial charge in [0.15, 0.2) is 0 Å². The van der Waals surface area contributed by atoms with Crippen molar-refractivity contribution < 1.29 is 9.59 Å². The molecule has 0 unspecified atom stereocenters. The summed E-state index contributed by atoms with van der Waals surface area (Å²) in [5.41, 5.74) is -0.172. The number of nitrogens with zero attached hydrogens (tertiary/aromatic N) is 1. The first kappa shape index (κ1) is 16.6. The fraction of sp³-hybridized carbons (Fsp3) is 0.905. The zero-order valence-electron chi connectivity index (χ0n) is 15.3. The van der Waals surface area contributed by atoms with E-state index in [1.807, 2.05) is 0 Å². The van der Waals surface area contributed by atoms with Gasteiger partial charge in [0.25, 0.3) is 0 Å². The molecule has 4 bridgehead atoms. The van der Waals surface area contributed by atoms with Crippen LogP contribution in [0.25, 0.3) is 0 Å². The predicted octanol–water partition coefficient (Wildman–Crippen LogP) is 4.55. The summed E-state index contributed by atoms with van der Waals surface area (Å²) in [6.45, 7) is 2.73. The number of carbonyl (C=O) groups excluding carboxylic acids is 2. The molecule has 3 heteroatoms. The molecule has 5 aliphatic carbocycles. The van der Waals surface area contributed by atoms with E-state index in [4.69, 9.17) is 0 Å². The summed E-state index contributed by atoms with van der Waals surface area (Å²) in [6, 6.07) is 0. The number of imide groups is 1. The van der Waals surface area contributed by atoms with Crippen LogP contribution in [0.5, 0.6) is 0 Å². The third kappa shape index (κ3) is 2.82. The second kappa shape index (κ2) is 6.46. The van der Waals surface area contributed by atoms with Crippen LogP contribution in [-0.4, -0.2) is 23.3 Å². The first-order valence-corrected chi connectivity index (χ1v) is 10.5. The van der Waals surface area contributed by atoms with Crippen LogP contribution in [0.1, 0.15) is 84.0 Å². The van der Waals surface area contributed by atoms with E-state index in [1.54, 1.807) is 4.90 Å². The van der Waals surface area contributed by atoms with E-state index in [1.165, 1.54) is 25.7 Å². The topological polar surface area (TPSA) is 37.4 Å². The lowest BCUT2D eigenvalue weighted by molar-refractivity contribution is -0.165. The first-order valence-electron chi connectivity index (χ1n) is 10.5. The molecule has 5 rings (SSSR count). The second-order valence-electron chi connectivity index (χ2n) is 9.33. The van der Waals surface area contributed by atoms with Gasteiger partial charge in [-0.05, 0) is 75.5 Å². The van der Waals surface area contributed by atoms with E-state index in [0.29, 0.717) is 6.54 Å². The standard InChI is InChI=1S/C21H33NO2/c1-2-8-22(19(23)18-6-4-3-5-7-18)20(24)21-12-15-9-16(13-21)11-17(10-15)14-21/h15-18H,2-14H2,1H3. The van der Waals surface area contributed by atoms with E-state index in [2.05, 4.69) is 6.92 Å². The zero-order valence-corrected chi connectivity index (χ0v) is 15.3. The third-order valence-corrected chi connectivity index (χ3v) is 7.40. The highest BCUT2D eigenvalue weighted by Crippen LogP contribution is 2.60. The normalized spacial score (nSPS) is 38.3. The van der Waals surface area contributed by atoms with Gasteiger partial charge in [-0.25, -0.2) is 0 Å². The molecule has 0 aromatic carbocycles. The molecule has 0 radical (unpaired) electrons. The summed E-state index contributed by atoms with van der Waals surface area (Å²) in [5, 5.41) is 0. The summed E-state index contributed by atoms with van der Waals surface area (Å²) in [5.74, 6) is 2.77. The lowest BCUT2D eigenvalue weighted by Gasteiger charge is -2.56. The van der Waals surface area contributed by atoms with Crippen LogP contribution in [0.3, 0.4) is 0 Å². The van der Waals surface area contributed by atoms with Crippen molar-refractivity contribution in [3.63, 3.8) is 0 Å². The van der Waals surface area contributed by atoms with Gasteiger partial charge < -0.3 is 0 Å². The SMILES string of the molecule is CCCN(C(=O)C1CCCCC1)C(=O)C12CC3CC(CC(C3)C1)C2. The molecule has 0 saturated heterocycles. The number of rotatable bonds is 4. The Labute approximate surface area is 146 Å². The molecule has 0 N–H and O–H groups in total. The third-order valence-electron chi connectivity index (χ3n) is 7.40. The molecule has 134 valence electrons. The van der Waals surface area contributed by atoms with Crippen LogP contribution in [-0.2, 0) is 9.59 Å². The van der Waals surface area contributed by atoms with Gasteiger partial charge in [-0.1, -0.05) is 26.2 Å². The monoisotopic (exact) mass is 331 g/mol. The molecule has 0 aliphatic heterocycles. The summed E-state index contributed by atoms with van der Waals surface area (Å²) < 4.78 is 0. The van der Waals surface area contributed by atoms with E-state index >= 15 is 0 Å². The van der Waals surface area contributed by atoms with Gasteiger partial charge in [0.05, 0.1) is 5.41 Å². The van der Waals surface area contributed by atoms with Gasteiger partial charge in [0.1, 0.15) is 0 Å². The van der Waals surface area contributed by atoms with Crippen LogP contribution in [0, 0.1) is 29.1 Å². The molecule has 24 heavy (non-hydrogen) atoms. The fourth-order valence-electron chi connectivity index (χ4n) is 6.76. The van der Waals surface area contributed by atoms with Gasteiger partial charge in [0, 0.05) is 12.5 Å². The Hall–Kier alpha value is -0.860. The van der Waals surface area contributed by atoms with Crippen molar-refractivity contribution in [2.45, 2.75) is 84.0 Å². The smallest absolute Gasteiger partial charge is 0.235 e. The van der Waals surface area contributed by atoms with Crippen molar-refractivity contribution in [3.05, 3.63) is 0 Å². The summed E-state index contributed by atoms with van der Waals surface area (Å²) in [7, 11) is 0. The van der Waals surface area contributed by atoms with Crippen LogP contribution < -0.4 is 0 Å². The maximum Gasteiger partial charge on any atom is 0.235 e. The lowest BCUT2D eigenvalue weighted by atomic mass is 9.49. The van der Waals surface area contributed by atoms with Crippen LogP contribution in [0.15, 0.2) is 0 Å². The molecular weight excluding hydrogens is 298 g/mol. The molecule has 0 heterocycles. The van der Waals surface area contributed by atoms with Crippen molar-refractivity contribution in [3.8, 4) is 0 Å². The maximum atomic E-state index is 13.6. The van der Waals surface area contributed by atoms with Gasteiger partial charge in [0.2, 0.25) is 11.8 Å². The zero-order chi connectivity index (χ0) is 16.7. The van der Waals surface area contributed by atoms with Gasteiger partial charge >= 0.3 is 0 Å². The van der Waals surface area contributed by atoms with Crippen molar-refractivity contribution in [1.29, 1.82) is 0 Å². The Balaban J connectivity index is 1.54. The van der Waals surface area contributed by atoms with E-state index in [-0.39, 0.29) is 23.1 Å². The fourth-order valence-corrected chi connectivity index (χ4v) is 6.76. The molecular formula is C21H33NO2. The summed E-state index contributed by atoms with van der Waals surface area (Å²) >= 11 is 0. The quantitative estimate of drug-likeness (QED) is 0.709. The highest BCUT2D eigenvalue weighted by molar-refractivity contribution is 5.99. The number of carbonyl (C=O) groups is 2. The molecule has 0 atom stereocenters. The Morgan fingerprint density at radius 2 is 1.46 bits per heavy atom. The Kier molecular flexibility index (Phi) is 4.47. The molecule has 5 fully saturated rings. The Morgan fingerprint density at radius 1 is 0.917 bits per heavy atom. The second-order valence-corrected chi connectivity index (χ2v) is 9.33. The minimum atomic E-state index is -0.172. The maximum absolute atomic E-state index is 13.6. The molecule has 0 aromatic rings. The van der Waals surface area contributed by atoms with E-state index < -0.39 is 0 Å². The minimum absolute atomic E-state index is 0.114. The predicted molar refractivity (Wildman–Crippen MR) is 94.2 cm³/mol. The molecule has 5 aliphatic rings. The molecule has 2 amide bonds. The lowest BCUT2D eigenvalue weighted by Crippen LogP contribution is -2.56. The average molecular weight is 332 g/mol.